The van der Waals surface area contributed by atoms with Crippen LogP contribution < -0.4 is 10.5 Å². The highest BCUT2D eigenvalue weighted by Gasteiger charge is 2.06. The molecular formula is C14H16ClN3OS. The molecule has 6 heteroatoms. The number of benzene rings is 1. The molecule has 1 heterocycles. The van der Waals surface area contributed by atoms with E-state index in [-0.39, 0.29) is 5.84 Å². The third-order valence-corrected chi connectivity index (χ3v) is 4.50. The lowest BCUT2D eigenvalue weighted by Crippen LogP contribution is -2.08. The number of ether oxygens (including phenoxy) is 1. The average Bonchev–Trinajstić information content (AvgIpc) is 2.85. The minimum atomic E-state index is 0.0543. The first-order valence-electron chi connectivity index (χ1n) is 6.16. The van der Waals surface area contributed by atoms with Crippen molar-refractivity contribution in [1.82, 2.24) is 4.98 Å². The van der Waals surface area contributed by atoms with Crippen LogP contribution in [0.1, 0.15) is 21.0 Å². The van der Waals surface area contributed by atoms with Crippen LogP contribution in [0.15, 0.2) is 18.3 Å². The van der Waals surface area contributed by atoms with E-state index in [1.165, 1.54) is 11.3 Å². The van der Waals surface area contributed by atoms with Gasteiger partial charge in [0.1, 0.15) is 11.6 Å². The highest BCUT2D eigenvalue weighted by molar-refractivity contribution is 7.13. The maximum Gasteiger partial charge on any atom is 0.134 e. The van der Waals surface area contributed by atoms with E-state index in [9.17, 15) is 0 Å². The number of rotatable bonds is 5. The molecular weight excluding hydrogens is 294 g/mol. The zero-order valence-corrected chi connectivity index (χ0v) is 12.9. The van der Waals surface area contributed by atoms with Crippen molar-refractivity contribution in [1.29, 1.82) is 5.41 Å². The van der Waals surface area contributed by atoms with Crippen LogP contribution in [0.25, 0.3) is 0 Å². The number of nitrogen functional groups attached to an aromatic ring is 1. The Bertz CT molecular complexity index is 616. The van der Waals surface area contributed by atoms with Crippen molar-refractivity contribution in [2.45, 2.75) is 20.3 Å². The maximum absolute atomic E-state index is 7.33. The molecule has 2 rings (SSSR count). The molecule has 3 N–H and O–H groups in total. The molecule has 0 saturated carbocycles. The van der Waals surface area contributed by atoms with Gasteiger partial charge in [-0.05, 0) is 37.1 Å². The number of nitrogens with one attached hydrogen (secondary N) is 1. The fourth-order valence-electron chi connectivity index (χ4n) is 1.80. The Balaban J connectivity index is 1.94. The van der Waals surface area contributed by atoms with E-state index in [4.69, 9.17) is 27.5 Å². The van der Waals surface area contributed by atoms with Crippen LogP contribution in [0, 0.1) is 19.3 Å². The Kier molecular flexibility index (Phi) is 4.62. The molecule has 0 aliphatic rings. The van der Waals surface area contributed by atoms with Crippen molar-refractivity contribution in [3.05, 3.63) is 44.4 Å². The van der Waals surface area contributed by atoms with Gasteiger partial charge in [-0.3, -0.25) is 5.41 Å². The van der Waals surface area contributed by atoms with Crippen LogP contribution in [0.4, 0.5) is 0 Å². The summed E-state index contributed by atoms with van der Waals surface area (Å²) in [4.78, 5) is 4.91. The predicted molar refractivity (Wildman–Crippen MR) is 83.3 cm³/mol. The van der Waals surface area contributed by atoms with E-state index < -0.39 is 0 Å². The Morgan fingerprint density at radius 3 is 2.60 bits per heavy atom. The molecule has 0 bridgehead atoms. The molecule has 0 amide bonds. The first kappa shape index (κ1) is 14.8. The van der Waals surface area contributed by atoms with E-state index in [0.717, 1.165) is 26.9 Å². The Morgan fingerprint density at radius 2 is 2.05 bits per heavy atom. The van der Waals surface area contributed by atoms with Gasteiger partial charge in [0.05, 0.1) is 16.5 Å². The van der Waals surface area contributed by atoms with E-state index in [1.54, 1.807) is 6.20 Å². The van der Waals surface area contributed by atoms with Gasteiger partial charge >= 0.3 is 0 Å². The van der Waals surface area contributed by atoms with Gasteiger partial charge in [0.15, 0.2) is 0 Å². The first-order valence-corrected chi connectivity index (χ1v) is 7.35. The van der Waals surface area contributed by atoms with Gasteiger partial charge in [-0.2, -0.15) is 0 Å². The van der Waals surface area contributed by atoms with Gasteiger partial charge in [-0.25, -0.2) is 4.98 Å². The Hall–Kier alpha value is -1.59. The molecule has 0 saturated heterocycles. The standard InChI is InChI=1S/C14H16ClN3OS/c1-8-5-10(6-9(2)13(8)15)19-4-3-12-18-7-11(20-12)14(16)17/h5-7H,3-4H2,1-2H3,(H3,16,17). The van der Waals surface area contributed by atoms with Gasteiger partial charge in [-0.1, -0.05) is 11.6 Å². The molecule has 0 atom stereocenters. The van der Waals surface area contributed by atoms with Gasteiger partial charge < -0.3 is 10.5 Å². The lowest BCUT2D eigenvalue weighted by molar-refractivity contribution is 0.321. The van der Waals surface area contributed by atoms with Crippen LogP contribution in [-0.4, -0.2) is 17.4 Å². The lowest BCUT2D eigenvalue weighted by atomic mass is 10.1. The van der Waals surface area contributed by atoms with Crippen molar-refractivity contribution in [3.63, 3.8) is 0 Å². The summed E-state index contributed by atoms with van der Waals surface area (Å²) in [6.07, 6.45) is 2.32. The molecule has 1 aromatic carbocycles. The van der Waals surface area contributed by atoms with E-state index in [0.29, 0.717) is 17.9 Å². The number of amidine groups is 1. The van der Waals surface area contributed by atoms with Crippen LogP contribution in [0.5, 0.6) is 5.75 Å². The highest BCUT2D eigenvalue weighted by Crippen LogP contribution is 2.26. The fourth-order valence-corrected chi connectivity index (χ4v) is 2.67. The minimum absolute atomic E-state index is 0.0543. The summed E-state index contributed by atoms with van der Waals surface area (Å²) < 4.78 is 5.72. The van der Waals surface area contributed by atoms with Gasteiger partial charge in [0, 0.05) is 17.6 Å². The molecule has 4 nitrogen and oxygen atoms in total. The van der Waals surface area contributed by atoms with Crippen molar-refractivity contribution in [2.75, 3.05) is 6.61 Å². The fraction of sp³-hybridized carbons (Fsp3) is 0.286. The number of aryl methyl sites for hydroxylation is 2. The summed E-state index contributed by atoms with van der Waals surface area (Å²) in [7, 11) is 0. The first-order chi connectivity index (χ1) is 9.47. The number of nitrogens with two attached hydrogens (primary N) is 1. The second-order valence-electron chi connectivity index (χ2n) is 4.50. The highest BCUT2D eigenvalue weighted by atomic mass is 35.5. The number of thiazole rings is 1. The molecule has 0 unspecified atom stereocenters. The maximum atomic E-state index is 7.33. The minimum Gasteiger partial charge on any atom is -0.493 e. The molecule has 1 aromatic heterocycles. The smallest absolute Gasteiger partial charge is 0.134 e. The quantitative estimate of drug-likeness (QED) is 0.657. The third kappa shape index (κ3) is 3.49. The zero-order chi connectivity index (χ0) is 14.7. The van der Waals surface area contributed by atoms with Gasteiger partial charge in [-0.15, -0.1) is 11.3 Å². The van der Waals surface area contributed by atoms with Crippen LogP contribution in [0.3, 0.4) is 0 Å². The van der Waals surface area contributed by atoms with Crippen molar-refractivity contribution in [3.8, 4) is 5.75 Å². The van der Waals surface area contributed by atoms with Crippen molar-refractivity contribution in [2.24, 2.45) is 5.73 Å². The van der Waals surface area contributed by atoms with Crippen LogP contribution >= 0.6 is 22.9 Å². The van der Waals surface area contributed by atoms with Gasteiger partial charge in [0.2, 0.25) is 0 Å². The molecule has 2 aromatic rings. The molecule has 0 aliphatic carbocycles. The zero-order valence-electron chi connectivity index (χ0n) is 11.4. The SMILES string of the molecule is Cc1cc(OCCc2ncc(C(=N)N)s2)cc(C)c1Cl. The summed E-state index contributed by atoms with van der Waals surface area (Å²) in [6, 6.07) is 3.86. The largest absolute Gasteiger partial charge is 0.493 e. The summed E-state index contributed by atoms with van der Waals surface area (Å²) in [5, 5.41) is 9.03. The number of nitrogens with zero attached hydrogens (tertiary/aromatic N) is 1. The second kappa shape index (κ2) is 6.24. The van der Waals surface area contributed by atoms with Crippen molar-refractivity contribution >= 4 is 28.8 Å². The topological polar surface area (TPSA) is 72.0 Å². The number of hydrogen-bond acceptors (Lipinski definition) is 4. The van der Waals surface area contributed by atoms with Crippen LogP contribution in [0.2, 0.25) is 5.02 Å². The third-order valence-electron chi connectivity index (χ3n) is 2.81. The molecule has 0 aliphatic heterocycles. The number of hydrogen-bond donors (Lipinski definition) is 2. The molecule has 0 spiro atoms. The van der Waals surface area contributed by atoms with Crippen LogP contribution in [-0.2, 0) is 6.42 Å². The summed E-state index contributed by atoms with van der Waals surface area (Å²) >= 11 is 7.54. The predicted octanol–water partition coefficient (Wildman–Crippen LogP) is 3.32. The molecule has 0 radical (unpaired) electrons. The summed E-state index contributed by atoms with van der Waals surface area (Å²) in [6.45, 7) is 4.45. The van der Waals surface area contributed by atoms with E-state index in [1.807, 2.05) is 26.0 Å². The van der Waals surface area contributed by atoms with E-state index in [2.05, 4.69) is 4.98 Å². The van der Waals surface area contributed by atoms with E-state index >= 15 is 0 Å². The van der Waals surface area contributed by atoms with Crippen molar-refractivity contribution < 1.29 is 4.74 Å². The number of aromatic nitrogens is 1. The Labute approximate surface area is 127 Å². The summed E-state index contributed by atoms with van der Waals surface area (Å²) in [5.41, 5.74) is 7.42. The second-order valence-corrected chi connectivity index (χ2v) is 5.99. The monoisotopic (exact) mass is 309 g/mol. The Morgan fingerprint density at radius 1 is 1.40 bits per heavy atom. The lowest BCUT2D eigenvalue weighted by Gasteiger charge is -2.09. The average molecular weight is 310 g/mol. The molecule has 20 heavy (non-hydrogen) atoms. The summed E-state index contributed by atoms with van der Waals surface area (Å²) in [5.74, 6) is 0.867. The van der Waals surface area contributed by atoms with Gasteiger partial charge in [0.25, 0.3) is 0 Å². The molecule has 106 valence electrons. The number of halogens is 1. The normalized spacial score (nSPS) is 10.6. The molecule has 0 fully saturated rings.